The Bertz CT molecular complexity index is 460. The molecule has 0 atom stereocenters. The number of nitrogens with zero attached hydrogens (tertiary/aromatic N) is 1. The van der Waals surface area contributed by atoms with Crippen molar-refractivity contribution in [2.24, 2.45) is 0 Å². The first-order valence-electron chi connectivity index (χ1n) is 3.68. The normalized spacial score (nSPS) is 10.6. The number of fused-ring (bicyclic) bond motifs is 1. The van der Waals surface area contributed by atoms with Gasteiger partial charge in [0.2, 0.25) is 0 Å². The summed E-state index contributed by atoms with van der Waals surface area (Å²) >= 11 is 11.8. The van der Waals surface area contributed by atoms with Crippen LogP contribution in [-0.4, -0.2) is 4.98 Å². The van der Waals surface area contributed by atoms with Gasteiger partial charge in [0, 0.05) is 22.7 Å². The molecule has 1 heterocycles. The molecule has 0 aliphatic rings. The standard InChI is InChI=1S/C9H6Cl2N2/c10-6-1-2-7(12)5-3-4-13-9(11)8(5)6/h1-4H,12H2. The molecular formula is C9H6Cl2N2. The van der Waals surface area contributed by atoms with Crippen molar-refractivity contribution in [1.82, 2.24) is 4.98 Å². The lowest BCUT2D eigenvalue weighted by molar-refractivity contribution is 1.36. The summed E-state index contributed by atoms with van der Waals surface area (Å²) < 4.78 is 0. The van der Waals surface area contributed by atoms with E-state index in [2.05, 4.69) is 4.98 Å². The average molecular weight is 213 g/mol. The van der Waals surface area contributed by atoms with Gasteiger partial charge in [-0.3, -0.25) is 0 Å². The number of hydrogen-bond donors (Lipinski definition) is 1. The van der Waals surface area contributed by atoms with E-state index in [-0.39, 0.29) is 0 Å². The van der Waals surface area contributed by atoms with Crippen molar-refractivity contribution in [3.05, 3.63) is 34.6 Å². The fourth-order valence-electron chi connectivity index (χ4n) is 1.24. The summed E-state index contributed by atoms with van der Waals surface area (Å²) in [7, 11) is 0. The third-order valence-electron chi connectivity index (χ3n) is 1.86. The Balaban J connectivity index is 3.00. The molecule has 0 unspecified atom stereocenters. The summed E-state index contributed by atoms with van der Waals surface area (Å²) in [5.74, 6) is 0. The van der Waals surface area contributed by atoms with E-state index in [1.165, 1.54) is 0 Å². The highest BCUT2D eigenvalue weighted by molar-refractivity contribution is 6.42. The second-order valence-electron chi connectivity index (χ2n) is 2.66. The highest BCUT2D eigenvalue weighted by atomic mass is 35.5. The fourth-order valence-corrected chi connectivity index (χ4v) is 1.80. The summed E-state index contributed by atoms with van der Waals surface area (Å²) in [6.45, 7) is 0. The maximum atomic E-state index is 5.95. The number of nitrogens with two attached hydrogens (primary N) is 1. The van der Waals surface area contributed by atoms with Crippen molar-refractivity contribution < 1.29 is 0 Å². The fraction of sp³-hybridized carbons (Fsp3) is 0. The molecule has 0 saturated carbocycles. The Morgan fingerprint density at radius 2 is 1.92 bits per heavy atom. The van der Waals surface area contributed by atoms with E-state index in [0.717, 1.165) is 5.39 Å². The van der Waals surface area contributed by atoms with Crippen molar-refractivity contribution in [3.63, 3.8) is 0 Å². The van der Waals surface area contributed by atoms with E-state index in [4.69, 9.17) is 28.9 Å². The summed E-state index contributed by atoms with van der Waals surface area (Å²) in [5.41, 5.74) is 6.41. The second-order valence-corrected chi connectivity index (χ2v) is 3.43. The number of pyridine rings is 1. The van der Waals surface area contributed by atoms with Gasteiger partial charge in [0.25, 0.3) is 0 Å². The molecule has 4 heteroatoms. The van der Waals surface area contributed by atoms with Crippen molar-refractivity contribution >= 4 is 39.7 Å². The summed E-state index contributed by atoms with van der Waals surface area (Å²) in [6.07, 6.45) is 1.61. The first kappa shape index (κ1) is 8.60. The van der Waals surface area contributed by atoms with Gasteiger partial charge in [-0.25, -0.2) is 4.98 Å². The lowest BCUT2D eigenvalue weighted by Gasteiger charge is -2.04. The average Bonchev–Trinajstić information content (AvgIpc) is 2.12. The molecule has 2 N–H and O–H groups in total. The lowest BCUT2D eigenvalue weighted by Crippen LogP contribution is -1.88. The molecule has 0 aliphatic heterocycles. The first-order chi connectivity index (χ1) is 6.20. The summed E-state index contributed by atoms with van der Waals surface area (Å²) in [6, 6.07) is 5.26. The molecule has 1 aromatic carbocycles. The van der Waals surface area contributed by atoms with E-state index >= 15 is 0 Å². The van der Waals surface area contributed by atoms with Gasteiger partial charge in [-0.05, 0) is 18.2 Å². The van der Waals surface area contributed by atoms with Gasteiger partial charge in [0.05, 0.1) is 5.02 Å². The van der Waals surface area contributed by atoms with Gasteiger partial charge in [0.1, 0.15) is 5.15 Å². The molecule has 0 spiro atoms. The third-order valence-corrected chi connectivity index (χ3v) is 2.47. The molecule has 0 saturated heterocycles. The van der Waals surface area contributed by atoms with Gasteiger partial charge in [-0.2, -0.15) is 0 Å². The van der Waals surface area contributed by atoms with Crippen LogP contribution in [0.1, 0.15) is 0 Å². The predicted octanol–water partition coefficient (Wildman–Crippen LogP) is 3.12. The van der Waals surface area contributed by atoms with Crippen LogP contribution >= 0.6 is 23.2 Å². The van der Waals surface area contributed by atoms with E-state index in [1.807, 2.05) is 0 Å². The van der Waals surface area contributed by atoms with E-state index in [9.17, 15) is 0 Å². The second kappa shape index (κ2) is 3.05. The topological polar surface area (TPSA) is 38.9 Å². The Hall–Kier alpha value is -0.990. The molecule has 2 nitrogen and oxygen atoms in total. The highest BCUT2D eigenvalue weighted by Gasteiger charge is 2.06. The van der Waals surface area contributed by atoms with Crippen LogP contribution in [0.5, 0.6) is 0 Å². The van der Waals surface area contributed by atoms with E-state index < -0.39 is 0 Å². The van der Waals surface area contributed by atoms with Crippen LogP contribution in [0.15, 0.2) is 24.4 Å². The van der Waals surface area contributed by atoms with Gasteiger partial charge >= 0.3 is 0 Å². The largest absolute Gasteiger partial charge is 0.398 e. The molecule has 0 amide bonds. The summed E-state index contributed by atoms with van der Waals surface area (Å²) in [4.78, 5) is 3.93. The summed E-state index contributed by atoms with van der Waals surface area (Å²) in [5, 5.41) is 2.51. The minimum atomic E-state index is 0.384. The van der Waals surface area contributed by atoms with Crippen molar-refractivity contribution in [1.29, 1.82) is 0 Å². The van der Waals surface area contributed by atoms with E-state index in [0.29, 0.717) is 21.2 Å². The zero-order chi connectivity index (χ0) is 9.42. The zero-order valence-corrected chi connectivity index (χ0v) is 8.10. The Morgan fingerprint density at radius 1 is 1.15 bits per heavy atom. The quantitative estimate of drug-likeness (QED) is 0.539. The number of hydrogen-bond acceptors (Lipinski definition) is 2. The van der Waals surface area contributed by atoms with Gasteiger partial charge < -0.3 is 5.73 Å². The number of rotatable bonds is 0. The van der Waals surface area contributed by atoms with Crippen LogP contribution in [0, 0.1) is 0 Å². The highest BCUT2D eigenvalue weighted by Crippen LogP contribution is 2.31. The lowest BCUT2D eigenvalue weighted by atomic mass is 10.1. The monoisotopic (exact) mass is 212 g/mol. The van der Waals surface area contributed by atoms with Gasteiger partial charge in [-0.15, -0.1) is 0 Å². The molecule has 13 heavy (non-hydrogen) atoms. The number of anilines is 1. The first-order valence-corrected chi connectivity index (χ1v) is 4.44. The van der Waals surface area contributed by atoms with Crippen LogP contribution in [0.4, 0.5) is 5.69 Å². The zero-order valence-electron chi connectivity index (χ0n) is 6.59. The third kappa shape index (κ3) is 1.32. The smallest absolute Gasteiger partial charge is 0.138 e. The molecule has 2 rings (SSSR count). The van der Waals surface area contributed by atoms with Crippen LogP contribution in [0.2, 0.25) is 10.2 Å². The van der Waals surface area contributed by atoms with Crippen molar-refractivity contribution in [3.8, 4) is 0 Å². The van der Waals surface area contributed by atoms with Gasteiger partial charge in [-0.1, -0.05) is 23.2 Å². The molecule has 1 aromatic heterocycles. The molecule has 0 aliphatic carbocycles. The number of aromatic nitrogens is 1. The molecule has 66 valence electrons. The minimum Gasteiger partial charge on any atom is -0.398 e. The molecule has 0 bridgehead atoms. The molecule has 2 aromatic rings. The van der Waals surface area contributed by atoms with Crippen molar-refractivity contribution in [2.75, 3.05) is 5.73 Å². The van der Waals surface area contributed by atoms with Gasteiger partial charge in [0.15, 0.2) is 0 Å². The maximum Gasteiger partial charge on any atom is 0.138 e. The predicted molar refractivity (Wildman–Crippen MR) is 56.2 cm³/mol. The Morgan fingerprint density at radius 3 is 2.62 bits per heavy atom. The number of nitrogen functional groups attached to an aromatic ring is 1. The maximum absolute atomic E-state index is 5.95. The van der Waals surface area contributed by atoms with Crippen LogP contribution < -0.4 is 5.73 Å². The molecule has 0 fully saturated rings. The minimum absolute atomic E-state index is 0.384. The molecular weight excluding hydrogens is 207 g/mol. The van der Waals surface area contributed by atoms with Crippen LogP contribution in [0.25, 0.3) is 10.8 Å². The van der Waals surface area contributed by atoms with Crippen molar-refractivity contribution in [2.45, 2.75) is 0 Å². The Labute approximate surface area is 85.3 Å². The van der Waals surface area contributed by atoms with Crippen LogP contribution in [-0.2, 0) is 0 Å². The number of halogens is 2. The SMILES string of the molecule is Nc1ccc(Cl)c2c(Cl)nccc12. The van der Waals surface area contributed by atoms with Crippen LogP contribution in [0.3, 0.4) is 0 Å². The molecule has 0 radical (unpaired) electrons. The Kier molecular flexibility index (Phi) is 2.02. The van der Waals surface area contributed by atoms with E-state index in [1.54, 1.807) is 24.4 Å². The number of benzene rings is 1.